The summed E-state index contributed by atoms with van der Waals surface area (Å²) in [6, 6.07) is 6.72. The molecule has 0 unspecified atom stereocenters. The number of carbonyl (C=O) groups is 2. The fourth-order valence-corrected chi connectivity index (χ4v) is 3.21. The Hall–Kier alpha value is -3.07. The van der Waals surface area contributed by atoms with Crippen molar-refractivity contribution >= 4 is 11.8 Å². The quantitative estimate of drug-likeness (QED) is 0.743. The Morgan fingerprint density at radius 1 is 1.10 bits per heavy atom. The second kappa shape index (κ2) is 9.42. The fourth-order valence-electron chi connectivity index (χ4n) is 3.21. The summed E-state index contributed by atoms with van der Waals surface area (Å²) in [7, 11) is 3.09. The van der Waals surface area contributed by atoms with Gasteiger partial charge in [0.25, 0.3) is 11.8 Å². The standard InChI is InChI=1S/C20H26N4O5/c1-14-12-16(22-29-14)20(26)24-10-8-23(9-11-24)7-6-21-19(25)15-4-5-17(27-2)18(13-15)28-3/h4-5,12-13H,6-11H2,1-3H3,(H,21,25). The van der Waals surface area contributed by atoms with Crippen LogP contribution < -0.4 is 14.8 Å². The van der Waals surface area contributed by atoms with Crippen molar-refractivity contribution in [2.45, 2.75) is 6.92 Å². The van der Waals surface area contributed by atoms with E-state index in [2.05, 4.69) is 15.4 Å². The number of aromatic nitrogens is 1. The zero-order valence-electron chi connectivity index (χ0n) is 16.9. The number of nitrogens with one attached hydrogen (secondary N) is 1. The van der Waals surface area contributed by atoms with Gasteiger partial charge in [-0.15, -0.1) is 0 Å². The fraction of sp³-hybridized carbons (Fsp3) is 0.450. The number of aryl methyl sites for hydroxylation is 1. The van der Waals surface area contributed by atoms with Gasteiger partial charge in [0.1, 0.15) is 5.76 Å². The molecule has 1 aliphatic rings. The summed E-state index contributed by atoms with van der Waals surface area (Å²) in [5.41, 5.74) is 0.860. The maximum atomic E-state index is 12.4. The number of hydrogen-bond donors (Lipinski definition) is 1. The zero-order valence-corrected chi connectivity index (χ0v) is 16.9. The summed E-state index contributed by atoms with van der Waals surface area (Å²) >= 11 is 0. The first kappa shape index (κ1) is 20.7. The van der Waals surface area contributed by atoms with E-state index in [0.29, 0.717) is 54.7 Å². The lowest BCUT2D eigenvalue weighted by Gasteiger charge is -2.34. The molecule has 156 valence electrons. The van der Waals surface area contributed by atoms with Crippen LogP contribution in [0.2, 0.25) is 0 Å². The van der Waals surface area contributed by atoms with Crippen LogP contribution in [0.1, 0.15) is 26.6 Å². The van der Waals surface area contributed by atoms with Gasteiger partial charge in [-0.25, -0.2) is 0 Å². The van der Waals surface area contributed by atoms with E-state index in [1.54, 1.807) is 43.2 Å². The van der Waals surface area contributed by atoms with Crippen molar-refractivity contribution in [2.24, 2.45) is 0 Å². The van der Waals surface area contributed by atoms with E-state index < -0.39 is 0 Å². The molecule has 0 bridgehead atoms. The third kappa shape index (κ3) is 5.05. The second-order valence-corrected chi connectivity index (χ2v) is 6.78. The van der Waals surface area contributed by atoms with Crippen molar-refractivity contribution in [2.75, 3.05) is 53.5 Å². The summed E-state index contributed by atoms with van der Waals surface area (Å²) in [5.74, 6) is 1.45. The van der Waals surface area contributed by atoms with Gasteiger partial charge in [0.05, 0.1) is 14.2 Å². The third-order valence-electron chi connectivity index (χ3n) is 4.87. The first-order valence-electron chi connectivity index (χ1n) is 9.47. The second-order valence-electron chi connectivity index (χ2n) is 6.78. The van der Waals surface area contributed by atoms with Crippen LogP contribution >= 0.6 is 0 Å². The Kier molecular flexibility index (Phi) is 6.71. The number of methoxy groups -OCH3 is 2. The van der Waals surface area contributed by atoms with E-state index in [9.17, 15) is 9.59 Å². The number of carbonyl (C=O) groups excluding carboxylic acids is 2. The van der Waals surface area contributed by atoms with Crippen molar-refractivity contribution in [3.05, 3.63) is 41.3 Å². The molecular weight excluding hydrogens is 376 g/mol. The van der Waals surface area contributed by atoms with Gasteiger partial charge in [-0.2, -0.15) is 0 Å². The van der Waals surface area contributed by atoms with Gasteiger partial charge < -0.3 is 24.2 Å². The highest BCUT2D eigenvalue weighted by Gasteiger charge is 2.24. The largest absolute Gasteiger partial charge is 0.493 e. The van der Waals surface area contributed by atoms with Gasteiger partial charge in [0, 0.05) is 50.9 Å². The minimum Gasteiger partial charge on any atom is -0.493 e. The van der Waals surface area contributed by atoms with Crippen LogP contribution in [-0.4, -0.2) is 80.3 Å². The molecule has 1 saturated heterocycles. The Labute approximate surface area is 169 Å². The molecule has 2 heterocycles. The third-order valence-corrected chi connectivity index (χ3v) is 4.87. The average molecular weight is 402 g/mol. The number of rotatable bonds is 7. The maximum absolute atomic E-state index is 12.4. The molecular formula is C20H26N4O5. The van der Waals surface area contributed by atoms with E-state index in [4.69, 9.17) is 14.0 Å². The minimum absolute atomic E-state index is 0.108. The van der Waals surface area contributed by atoms with Crippen molar-refractivity contribution in [3.8, 4) is 11.5 Å². The lowest BCUT2D eigenvalue weighted by Crippen LogP contribution is -2.50. The average Bonchev–Trinajstić information content (AvgIpc) is 3.19. The molecule has 0 atom stereocenters. The number of nitrogens with zero attached hydrogens (tertiary/aromatic N) is 3. The topological polar surface area (TPSA) is 97.1 Å². The summed E-state index contributed by atoms with van der Waals surface area (Å²) in [6.07, 6.45) is 0. The van der Waals surface area contributed by atoms with E-state index in [1.165, 1.54) is 7.11 Å². The van der Waals surface area contributed by atoms with Crippen molar-refractivity contribution in [1.29, 1.82) is 0 Å². The molecule has 2 amide bonds. The van der Waals surface area contributed by atoms with Crippen LogP contribution in [0.15, 0.2) is 28.8 Å². The predicted octanol–water partition coefficient (Wildman–Crippen LogP) is 1.19. The molecule has 29 heavy (non-hydrogen) atoms. The van der Waals surface area contributed by atoms with Crippen LogP contribution in [0.4, 0.5) is 0 Å². The number of hydrogen-bond acceptors (Lipinski definition) is 7. The minimum atomic E-state index is -0.166. The Morgan fingerprint density at radius 2 is 1.83 bits per heavy atom. The van der Waals surface area contributed by atoms with Crippen molar-refractivity contribution in [1.82, 2.24) is 20.3 Å². The van der Waals surface area contributed by atoms with Crippen LogP contribution in [-0.2, 0) is 0 Å². The Balaban J connectivity index is 1.42. The van der Waals surface area contributed by atoms with Crippen LogP contribution in [0.5, 0.6) is 11.5 Å². The van der Waals surface area contributed by atoms with E-state index in [-0.39, 0.29) is 11.8 Å². The lowest BCUT2D eigenvalue weighted by atomic mass is 10.2. The van der Waals surface area contributed by atoms with Gasteiger partial charge in [-0.1, -0.05) is 5.16 Å². The molecule has 1 aliphatic heterocycles. The number of amides is 2. The summed E-state index contributed by atoms with van der Waals surface area (Å²) < 4.78 is 15.4. The number of ether oxygens (including phenoxy) is 2. The Morgan fingerprint density at radius 3 is 2.45 bits per heavy atom. The first-order chi connectivity index (χ1) is 14.0. The Bertz CT molecular complexity index is 858. The summed E-state index contributed by atoms with van der Waals surface area (Å²) in [5, 5.41) is 6.70. The van der Waals surface area contributed by atoms with Gasteiger partial charge in [-0.05, 0) is 25.1 Å². The van der Waals surface area contributed by atoms with E-state index in [1.807, 2.05) is 0 Å². The lowest BCUT2D eigenvalue weighted by molar-refractivity contribution is 0.0628. The molecule has 1 aromatic heterocycles. The van der Waals surface area contributed by atoms with Crippen molar-refractivity contribution in [3.63, 3.8) is 0 Å². The highest BCUT2D eigenvalue weighted by molar-refractivity contribution is 5.95. The van der Waals surface area contributed by atoms with E-state index in [0.717, 1.165) is 13.1 Å². The van der Waals surface area contributed by atoms with Crippen molar-refractivity contribution < 1.29 is 23.6 Å². The number of benzene rings is 1. The zero-order chi connectivity index (χ0) is 20.8. The van der Waals surface area contributed by atoms with Gasteiger partial charge in [0.15, 0.2) is 17.2 Å². The summed E-state index contributed by atoms with van der Waals surface area (Å²) in [4.78, 5) is 28.7. The van der Waals surface area contributed by atoms with Gasteiger partial charge in [-0.3, -0.25) is 14.5 Å². The molecule has 0 radical (unpaired) electrons. The maximum Gasteiger partial charge on any atom is 0.276 e. The first-order valence-corrected chi connectivity index (χ1v) is 9.47. The molecule has 3 rings (SSSR count). The summed E-state index contributed by atoms with van der Waals surface area (Å²) in [6.45, 7) is 5.72. The van der Waals surface area contributed by atoms with Gasteiger partial charge in [0.2, 0.25) is 0 Å². The molecule has 9 nitrogen and oxygen atoms in total. The highest BCUT2D eigenvalue weighted by atomic mass is 16.5. The van der Waals surface area contributed by atoms with Gasteiger partial charge >= 0.3 is 0 Å². The normalized spacial score (nSPS) is 14.5. The van der Waals surface area contributed by atoms with Crippen LogP contribution in [0.3, 0.4) is 0 Å². The molecule has 0 saturated carbocycles. The molecule has 0 spiro atoms. The molecule has 1 aromatic carbocycles. The molecule has 0 aliphatic carbocycles. The number of piperazine rings is 1. The monoisotopic (exact) mass is 402 g/mol. The molecule has 1 N–H and O–H groups in total. The SMILES string of the molecule is COc1ccc(C(=O)NCCN2CCN(C(=O)c3cc(C)on3)CC2)cc1OC. The van der Waals surface area contributed by atoms with Crippen LogP contribution in [0, 0.1) is 6.92 Å². The molecule has 2 aromatic rings. The predicted molar refractivity (Wildman–Crippen MR) is 105 cm³/mol. The van der Waals surface area contributed by atoms with Crippen LogP contribution in [0.25, 0.3) is 0 Å². The van der Waals surface area contributed by atoms with E-state index >= 15 is 0 Å². The molecule has 9 heteroatoms. The highest BCUT2D eigenvalue weighted by Crippen LogP contribution is 2.27. The molecule has 1 fully saturated rings. The smallest absolute Gasteiger partial charge is 0.276 e.